The Bertz CT molecular complexity index is 1250. The average Bonchev–Trinajstić information content (AvgIpc) is 2.71. The molecule has 1 amide bonds. The summed E-state index contributed by atoms with van der Waals surface area (Å²) in [5, 5.41) is 2.22. The number of nitrogens with one attached hydrogen (secondary N) is 1. The molecule has 2 heterocycles. The lowest BCUT2D eigenvalue weighted by atomic mass is 9.93. The van der Waals surface area contributed by atoms with Gasteiger partial charge in [-0.3, -0.25) is 4.79 Å². The number of amides is 1. The van der Waals surface area contributed by atoms with E-state index >= 15 is 0 Å². The van der Waals surface area contributed by atoms with Crippen molar-refractivity contribution in [3.63, 3.8) is 0 Å². The van der Waals surface area contributed by atoms with Gasteiger partial charge in [0.15, 0.2) is 0 Å². The van der Waals surface area contributed by atoms with Crippen molar-refractivity contribution in [2.24, 2.45) is 10.7 Å². The van der Waals surface area contributed by atoms with Crippen LogP contribution in [0.5, 0.6) is 5.75 Å². The number of aliphatic imine (C=N–C) groups is 1. The zero-order valence-corrected chi connectivity index (χ0v) is 18.4. The van der Waals surface area contributed by atoms with Crippen molar-refractivity contribution in [2.75, 3.05) is 25.2 Å². The van der Waals surface area contributed by atoms with Crippen LogP contribution in [0, 0.1) is 5.82 Å². The number of ether oxygens (including phenoxy) is 1. The van der Waals surface area contributed by atoms with Crippen LogP contribution < -0.4 is 15.8 Å². The van der Waals surface area contributed by atoms with Crippen LogP contribution in [-0.2, 0) is 21.7 Å². The zero-order chi connectivity index (χ0) is 24.8. The fraction of sp³-hybridized carbons (Fsp3) is 0.316. The van der Waals surface area contributed by atoms with Gasteiger partial charge in [-0.1, -0.05) is 0 Å². The molecule has 3 rings (SSSR count). The number of carbonyl (C=O) groups excluding carboxylic acids is 1. The van der Waals surface area contributed by atoms with Gasteiger partial charge >= 0.3 is 6.18 Å². The average molecular weight is 489 g/mol. The highest BCUT2D eigenvalue weighted by Crippen LogP contribution is 2.36. The number of nitrogens with zero attached hydrogens (tertiary/aromatic N) is 3. The van der Waals surface area contributed by atoms with E-state index < -0.39 is 50.5 Å². The first-order valence-corrected chi connectivity index (χ1v) is 10.8. The second kappa shape index (κ2) is 8.17. The molecule has 0 aliphatic carbocycles. The van der Waals surface area contributed by atoms with E-state index in [0.717, 1.165) is 35.8 Å². The van der Waals surface area contributed by atoms with E-state index in [1.165, 1.54) is 14.0 Å². The molecule has 0 fully saturated rings. The highest BCUT2D eigenvalue weighted by molar-refractivity contribution is 7.89. The Morgan fingerprint density at radius 3 is 2.55 bits per heavy atom. The molecule has 178 valence electrons. The number of guanidine groups is 1. The van der Waals surface area contributed by atoms with Gasteiger partial charge in [0.2, 0.25) is 16.0 Å². The van der Waals surface area contributed by atoms with E-state index in [1.54, 1.807) is 0 Å². The molecule has 1 atom stereocenters. The smallest absolute Gasteiger partial charge is 0.418 e. The summed E-state index contributed by atoms with van der Waals surface area (Å²) in [6, 6.07) is 3.74. The van der Waals surface area contributed by atoms with Crippen molar-refractivity contribution in [3.8, 4) is 5.75 Å². The SMILES string of the molecule is COc1cnc(C(=O)Nc2ccc(F)c([C@]3(C)CS(=O)(=O)N(C)C(N)=N3)c2)c(C(F)(F)F)c1. The van der Waals surface area contributed by atoms with Crippen molar-refractivity contribution in [1.29, 1.82) is 0 Å². The number of sulfonamides is 1. The van der Waals surface area contributed by atoms with Gasteiger partial charge in [0.1, 0.15) is 22.8 Å². The molecule has 3 N–H and O–H groups in total. The van der Waals surface area contributed by atoms with Crippen molar-refractivity contribution in [1.82, 2.24) is 9.29 Å². The number of rotatable bonds is 4. The lowest BCUT2D eigenvalue weighted by molar-refractivity contribution is -0.138. The summed E-state index contributed by atoms with van der Waals surface area (Å²) in [4.78, 5) is 20.2. The quantitative estimate of drug-likeness (QED) is 0.635. The molecule has 0 saturated heterocycles. The Balaban J connectivity index is 2.00. The van der Waals surface area contributed by atoms with Crippen LogP contribution in [0.2, 0.25) is 0 Å². The maximum atomic E-state index is 14.6. The second-order valence-electron chi connectivity index (χ2n) is 7.39. The van der Waals surface area contributed by atoms with E-state index in [1.807, 2.05) is 0 Å². The van der Waals surface area contributed by atoms with E-state index in [9.17, 15) is 30.8 Å². The van der Waals surface area contributed by atoms with Crippen LogP contribution in [-0.4, -0.2) is 49.5 Å². The number of aromatic nitrogens is 1. The molecule has 9 nitrogen and oxygen atoms in total. The monoisotopic (exact) mass is 489 g/mol. The van der Waals surface area contributed by atoms with Gasteiger partial charge in [-0.25, -0.2) is 27.1 Å². The number of methoxy groups -OCH3 is 1. The topological polar surface area (TPSA) is 127 Å². The van der Waals surface area contributed by atoms with Gasteiger partial charge in [0.05, 0.1) is 24.6 Å². The molecular weight excluding hydrogens is 470 g/mol. The largest absolute Gasteiger partial charge is 0.495 e. The van der Waals surface area contributed by atoms with Crippen LogP contribution in [0.3, 0.4) is 0 Å². The summed E-state index contributed by atoms with van der Waals surface area (Å²) in [6.07, 6.45) is -3.95. The predicted octanol–water partition coefficient (Wildman–Crippen LogP) is 2.31. The minimum absolute atomic E-state index is 0.103. The zero-order valence-electron chi connectivity index (χ0n) is 17.6. The molecule has 0 bridgehead atoms. The molecule has 2 aromatic rings. The van der Waals surface area contributed by atoms with Crippen molar-refractivity contribution < 1.29 is 35.5 Å². The van der Waals surface area contributed by atoms with Crippen LogP contribution >= 0.6 is 0 Å². The molecule has 1 aromatic heterocycles. The third kappa shape index (κ3) is 4.69. The number of halogens is 4. The molecular formula is C19H19F4N5O4S. The van der Waals surface area contributed by atoms with Crippen LogP contribution in [0.1, 0.15) is 28.5 Å². The minimum Gasteiger partial charge on any atom is -0.495 e. The standard InChI is InChI=1S/C19H19F4N5O4S/c1-18(9-33(30,31)28(2)17(24)27-18)12-6-10(4-5-14(12)20)26-16(29)15-13(19(21,22)23)7-11(32-3)8-25-15/h4-8H,9H2,1-3H3,(H2,24,27)(H,26,29)/t18-/m0/s1. The molecule has 33 heavy (non-hydrogen) atoms. The van der Waals surface area contributed by atoms with Crippen LogP contribution in [0.4, 0.5) is 23.2 Å². The Morgan fingerprint density at radius 1 is 1.30 bits per heavy atom. The number of nitrogens with two attached hydrogens (primary N) is 1. The van der Waals surface area contributed by atoms with Crippen LogP contribution in [0.15, 0.2) is 35.5 Å². The van der Waals surface area contributed by atoms with Gasteiger partial charge in [-0.2, -0.15) is 13.2 Å². The molecule has 0 spiro atoms. The Hall–Kier alpha value is -3.42. The summed E-state index contributed by atoms with van der Waals surface area (Å²) in [5.41, 5.74) is 1.45. The minimum atomic E-state index is -4.90. The number of carbonyl (C=O) groups is 1. The summed E-state index contributed by atoms with van der Waals surface area (Å²) in [7, 11) is -1.57. The lowest BCUT2D eigenvalue weighted by Gasteiger charge is -2.34. The third-order valence-corrected chi connectivity index (χ3v) is 6.94. The van der Waals surface area contributed by atoms with Crippen LogP contribution in [0.25, 0.3) is 0 Å². The highest BCUT2D eigenvalue weighted by Gasteiger charge is 2.42. The van der Waals surface area contributed by atoms with Crippen molar-refractivity contribution >= 4 is 27.6 Å². The Morgan fingerprint density at radius 2 is 1.97 bits per heavy atom. The number of alkyl halides is 3. The number of anilines is 1. The molecule has 1 aromatic carbocycles. The fourth-order valence-corrected chi connectivity index (χ4v) is 4.70. The first kappa shape index (κ1) is 24.2. The number of hydrogen-bond acceptors (Lipinski definition) is 7. The molecule has 14 heteroatoms. The number of hydrogen-bond donors (Lipinski definition) is 2. The molecule has 1 aliphatic heterocycles. The van der Waals surface area contributed by atoms with Gasteiger partial charge in [-0.05, 0) is 31.2 Å². The molecule has 1 aliphatic rings. The van der Waals surface area contributed by atoms with E-state index in [2.05, 4.69) is 15.3 Å². The Kier molecular flexibility index (Phi) is 6.00. The first-order valence-electron chi connectivity index (χ1n) is 9.22. The summed E-state index contributed by atoms with van der Waals surface area (Å²) in [5.74, 6) is -3.24. The molecule has 0 saturated carbocycles. The van der Waals surface area contributed by atoms with Gasteiger partial charge in [0, 0.05) is 18.3 Å². The lowest BCUT2D eigenvalue weighted by Crippen LogP contribution is -2.50. The fourth-order valence-electron chi connectivity index (χ4n) is 3.25. The summed E-state index contributed by atoms with van der Waals surface area (Å²) in [6.45, 7) is 1.33. The van der Waals surface area contributed by atoms with Gasteiger partial charge in [-0.15, -0.1) is 0 Å². The van der Waals surface area contributed by atoms with E-state index in [0.29, 0.717) is 6.07 Å². The molecule has 0 radical (unpaired) electrons. The number of benzene rings is 1. The molecule has 0 unspecified atom stereocenters. The van der Waals surface area contributed by atoms with Crippen molar-refractivity contribution in [2.45, 2.75) is 18.6 Å². The first-order chi connectivity index (χ1) is 15.2. The normalized spacial score (nSPS) is 20.2. The van der Waals surface area contributed by atoms with Crippen molar-refractivity contribution in [3.05, 3.63) is 53.1 Å². The van der Waals surface area contributed by atoms with Gasteiger partial charge in [0.25, 0.3) is 5.91 Å². The Labute approximate surface area is 186 Å². The third-order valence-electron chi connectivity index (χ3n) is 4.99. The van der Waals surface area contributed by atoms with E-state index in [4.69, 9.17) is 10.5 Å². The predicted molar refractivity (Wildman–Crippen MR) is 111 cm³/mol. The maximum absolute atomic E-state index is 14.6. The second-order valence-corrected chi connectivity index (χ2v) is 9.39. The van der Waals surface area contributed by atoms with Gasteiger partial charge < -0.3 is 15.8 Å². The van der Waals surface area contributed by atoms with E-state index in [-0.39, 0.29) is 23.0 Å². The highest BCUT2D eigenvalue weighted by atomic mass is 32.2. The maximum Gasteiger partial charge on any atom is 0.418 e. The summed E-state index contributed by atoms with van der Waals surface area (Å²) >= 11 is 0. The summed E-state index contributed by atoms with van der Waals surface area (Å²) < 4.78 is 85.1. The number of pyridine rings is 1.